The van der Waals surface area contributed by atoms with Gasteiger partial charge in [0, 0.05) is 19.6 Å². The van der Waals surface area contributed by atoms with Crippen LogP contribution in [0.1, 0.15) is 11.6 Å². The van der Waals surface area contributed by atoms with Crippen LogP contribution >= 0.6 is 0 Å². The molecule has 4 nitrogen and oxygen atoms in total. The van der Waals surface area contributed by atoms with E-state index in [4.69, 9.17) is 10.5 Å². The lowest BCUT2D eigenvalue weighted by molar-refractivity contribution is 0.00402. The van der Waals surface area contributed by atoms with Crippen molar-refractivity contribution in [1.82, 2.24) is 10.4 Å². The second-order valence-electron chi connectivity index (χ2n) is 4.19. The van der Waals surface area contributed by atoms with Crippen molar-refractivity contribution in [3.63, 3.8) is 0 Å². The van der Waals surface area contributed by atoms with E-state index in [1.54, 1.807) is 6.07 Å². The molecular weight excluding hydrogens is 240 g/mol. The van der Waals surface area contributed by atoms with E-state index < -0.39 is 11.6 Å². The van der Waals surface area contributed by atoms with Gasteiger partial charge < -0.3 is 10.5 Å². The average molecular weight is 257 g/mol. The third-order valence-electron chi connectivity index (χ3n) is 2.93. The van der Waals surface area contributed by atoms with Crippen LogP contribution < -0.4 is 11.2 Å². The molecule has 1 aliphatic rings. The third-order valence-corrected chi connectivity index (χ3v) is 2.93. The fourth-order valence-electron chi connectivity index (χ4n) is 1.91. The molecule has 1 unspecified atom stereocenters. The smallest absolute Gasteiger partial charge is 0.159 e. The molecule has 0 aliphatic carbocycles. The lowest BCUT2D eigenvalue weighted by atomic mass is 10.1. The minimum Gasteiger partial charge on any atom is -0.379 e. The highest BCUT2D eigenvalue weighted by atomic mass is 19.2. The van der Waals surface area contributed by atoms with E-state index in [-0.39, 0.29) is 6.04 Å². The van der Waals surface area contributed by atoms with E-state index >= 15 is 0 Å². The van der Waals surface area contributed by atoms with E-state index in [0.717, 1.165) is 19.2 Å². The van der Waals surface area contributed by atoms with Gasteiger partial charge in [-0.05, 0) is 17.7 Å². The molecule has 1 atom stereocenters. The van der Waals surface area contributed by atoms with Gasteiger partial charge in [-0.1, -0.05) is 6.07 Å². The van der Waals surface area contributed by atoms with E-state index in [1.807, 2.05) is 5.01 Å². The van der Waals surface area contributed by atoms with Crippen LogP contribution in [0.3, 0.4) is 0 Å². The van der Waals surface area contributed by atoms with E-state index in [9.17, 15) is 8.78 Å². The molecule has 1 aromatic carbocycles. The van der Waals surface area contributed by atoms with Crippen LogP contribution in [-0.2, 0) is 4.74 Å². The molecule has 3 N–H and O–H groups in total. The Labute approximate surface area is 105 Å². The van der Waals surface area contributed by atoms with Crippen molar-refractivity contribution in [3.8, 4) is 0 Å². The summed E-state index contributed by atoms with van der Waals surface area (Å²) < 4.78 is 31.3. The maximum absolute atomic E-state index is 13.2. The summed E-state index contributed by atoms with van der Waals surface area (Å²) in [4.78, 5) is 0. The van der Waals surface area contributed by atoms with E-state index in [2.05, 4.69) is 5.43 Å². The second-order valence-corrected chi connectivity index (χ2v) is 4.19. The zero-order chi connectivity index (χ0) is 13.0. The van der Waals surface area contributed by atoms with Crippen molar-refractivity contribution in [2.24, 2.45) is 5.73 Å². The van der Waals surface area contributed by atoms with Crippen LogP contribution in [0.4, 0.5) is 8.78 Å². The SMILES string of the molecule is NCC(NN1CCOCC1)c1ccc(F)c(F)c1. The maximum Gasteiger partial charge on any atom is 0.159 e. The van der Waals surface area contributed by atoms with Crippen molar-refractivity contribution >= 4 is 0 Å². The lowest BCUT2D eigenvalue weighted by Gasteiger charge is -2.31. The molecular formula is C12H17F2N3O. The minimum atomic E-state index is -0.852. The highest BCUT2D eigenvalue weighted by molar-refractivity contribution is 5.21. The summed E-state index contributed by atoms with van der Waals surface area (Å²) in [5.41, 5.74) is 9.52. The van der Waals surface area contributed by atoms with Crippen molar-refractivity contribution in [1.29, 1.82) is 0 Å². The summed E-state index contributed by atoms with van der Waals surface area (Å²) >= 11 is 0. The van der Waals surface area contributed by atoms with Gasteiger partial charge in [0.25, 0.3) is 0 Å². The normalized spacial score (nSPS) is 18.8. The molecule has 0 aromatic heterocycles. The zero-order valence-electron chi connectivity index (χ0n) is 10.0. The largest absolute Gasteiger partial charge is 0.379 e. The molecule has 1 fully saturated rings. The quantitative estimate of drug-likeness (QED) is 0.838. The fourth-order valence-corrected chi connectivity index (χ4v) is 1.91. The monoisotopic (exact) mass is 257 g/mol. The van der Waals surface area contributed by atoms with Gasteiger partial charge in [0.15, 0.2) is 11.6 Å². The predicted molar refractivity (Wildman–Crippen MR) is 63.7 cm³/mol. The number of rotatable bonds is 4. The number of halogens is 2. The second kappa shape index (κ2) is 6.19. The number of ether oxygens (including phenoxy) is 1. The van der Waals surface area contributed by atoms with Gasteiger partial charge in [0.1, 0.15) is 0 Å². The fraction of sp³-hybridized carbons (Fsp3) is 0.500. The van der Waals surface area contributed by atoms with Crippen molar-refractivity contribution < 1.29 is 13.5 Å². The van der Waals surface area contributed by atoms with Gasteiger partial charge in [-0.2, -0.15) is 0 Å². The average Bonchev–Trinajstić information content (AvgIpc) is 2.40. The molecule has 0 saturated carbocycles. The lowest BCUT2D eigenvalue weighted by Crippen LogP contribution is -2.48. The summed E-state index contributed by atoms with van der Waals surface area (Å²) in [7, 11) is 0. The Morgan fingerprint density at radius 1 is 1.28 bits per heavy atom. The molecule has 1 aromatic rings. The summed E-state index contributed by atoms with van der Waals surface area (Å²) in [5, 5.41) is 1.99. The van der Waals surface area contributed by atoms with Crippen LogP contribution in [-0.4, -0.2) is 37.9 Å². The molecule has 0 radical (unpaired) electrons. The number of nitrogens with one attached hydrogen (secondary N) is 1. The first-order chi connectivity index (χ1) is 8.70. The predicted octanol–water partition coefficient (Wildman–Crippen LogP) is 0.801. The number of hydrazine groups is 1. The summed E-state index contributed by atoms with van der Waals surface area (Å²) in [6, 6.07) is 3.62. The summed E-state index contributed by atoms with van der Waals surface area (Å²) in [6.45, 7) is 3.12. The molecule has 1 saturated heterocycles. The Morgan fingerprint density at radius 2 is 2.00 bits per heavy atom. The number of morpholine rings is 1. The third kappa shape index (κ3) is 3.23. The van der Waals surface area contributed by atoms with Gasteiger partial charge in [-0.15, -0.1) is 0 Å². The Balaban J connectivity index is 2.04. The topological polar surface area (TPSA) is 50.5 Å². The minimum absolute atomic E-state index is 0.224. The van der Waals surface area contributed by atoms with Gasteiger partial charge >= 0.3 is 0 Å². The number of hydrogen-bond donors (Lipinski definition) is 2. The van der Waals surface area contributed by atoms with Gasteiger partial charge in [-0.3, -0.25) is 0 Å². The van der Waals surface area contributed by atoms with Gasteiger partial charge in [0.2, 0.25) is 0 Å². The van der Waals surface area contributed by atoms with Crippen molar-refractivity contribution in [2.75, 3.05) is 32.8 Å². The molecule has 1 heterocycles. The van der Waals surface area contributed by atoms with Gasteiger partial charge in [-0.25, -0.2) is 19.2 Å². The molecule has 0 bridgehead atoms. The standard InChI is InChI=1S/C12H17F2N3O/c13-10-2-1-9(7-11(10)14)12(8-15)16-17-3-5-18-6-4-17/h1-2,7,12,16H,3-6,8,15H2. The van der Waals surface area contributed by atoms with Crippen LogP contribution in [0.2, 0.25) is 0 Å². The first kappa shape index (κ1) is 13.4. The number of hydrogen-bond acceptors (Lipinski definition) is 4. The molecule has 0 spiro atoms. The van der Waals surface area contributed by atoms with Crippen molar-refractivity contribution in [2.45, 2.75) is 6.04 Å². The van der Waals surface area contributed by atoms with Crippen molar-refractivity contribution in [3.05, 3.63) is 35.4 Å². The van der Waals surface area contributed by atoms with Gasteiger partial charge in [0.05, 0.1) is 19.3 Å². The van der Waals surface area contributed by atoms with E-state index in [1.165, 1.54) is 6.07 Å². The molecule has 0 amide bonds. The Kier molecular flexibility index (Phi) is 4.60. The van der Waals surface area contributed by atoms with Crippen LogP contribution in [0, 0.1) is 11.6 Å². The molecule has 1 aliphatic heterocycles. The Hall–Kier alpha value is -1.08. The zero-order valence-corrected chi connectivity index (χ0v) is 10.0. The first-order valence-corrected chi connectivity index (χ1v) is 5.94. The molecule has 100 valence electrons. The van der Waals surface area contributed by atoms with Crippen LogP contribution in [0.15, 0.2) is 18.2 Å². The Bertz CT molecular complexity index is 397. The first-order valence-electron chi connectivity index (χ1n) is 5.94. The number of nitrogens with zero attached hydrogens (tertiary/aromatic N) is 1. The summed E-state index contributed by atoms with van der Waals surface area (Å²) in [5.74, 6) is -1.70. The number of nitrogens with two attached hydrogens (primary N) is 1. The van der Waals surface area contributed by atoms with E-state index in [0.29, 0.717) is 25.3 Å². The molecule has 2 rings (SSSR count). The highest BCUT2D eigenvalue weighted by Crippen LogP contribution is 2.16. The number of benzene rings is 1. The van der Waals surface area contributed by atoms with Crippen LogP contribution in [0.5, 0.6) is 0 Å². The summed E-state index contributed by atoms with van der Waals surface area (Å²) in [6.07, 6.45) is 0. The van der Waals surface area contributed by atoms with Crippen LogP contribution in [0.25, 0.3) is 0 Å². The molecule has 6 heteroatoms. The highest BCUT2D eigenvalue weighted by Gasteiger charge is 2.17. The molecule has 18 heavy (non-hydrogen) atoms. The maximum atomic E-state index is 13.2. The Morgan fingerprint density at radius 3 is 2.61 bits per heavy atom.